The van der Waals surface area contributed by atoms with Crippen LogP contribution in [-0.2, 0) is 58.9 Å². The number of benzene rings is 1. The summed E-state index contributed by atoms with van der Waals surface area (Å²) in [5.41, 5.74) is 31.6. The smallest absolute Gasteiger partial charge is 0.303 e. The van der Waals surface area contributed by atoms with Gasteiger partial charge in [0.05, 0.1) is 36.9 Å². The Bertz CT molecular complexity index is 2250. The zero-order valence-electron chi connectivity index (χ0n) is 45.2. The fourth-order valence-corrected chi connectivity index (χ4v) is 10.0. The first-order valence-electron chi connectivity index (χ1n) is 26.8. The topological polar surface area (TPSA) is 512 Å². The number of carbonyl (C=O) groups is 7. The highest BCUT2D eigenvalue weighted by molar-refractivity contribution is 5.97. The number of phenolic OH excluding ortho intramolecular Hbond substituents is 1. The predicted octanol–water partition coefficient (Wildman–Crippen LogP) is -7.62. The highest BCUT2D eigenvalue weighted by Crippen LogP contribution is 2.31. The molecule has 0 aromatic heterocycles. The van der Waals surface area contributed by atoms with Crippen molar-refractivity contribution in [3.05, 3.63) is 29.8 Å². The molecule has 4 aliphatic rings. The largest absolute Gasteiger partial charge is 0.508 e. The Kier molecular flexibility index (Phi) is 24.3. The Labute approximate surface area is 462 Å². The van der Waals surface area contributed by atoms with Crippen LogP contribution in [0.2, 0.25) is 0 Å². The lowest BCUT2D eigenvalue weighted by Crippen LogP contribution is -2.68. The third-order valence-corrected chi connectivity index (χ3v) is 14.6. The van der Waals surface area contributed by atoms with Crippen LogP contribution in [0, 0.1) is 5.92 Å². The lowest BCUT2D eigenvalue weighted by Gasteiger charge is -2.47. The molecule has 1 saturated carbocycles. The van der Waals surface area contributed by atoms with Gasteiger partial charge in [0.25, 0.3) is 0 Å². The van der Waals surface area contributed by atoms with Crippen molar-refractivity contribution in [2.24, 2.45) is 34.6 Å². The van der Waals surface area contributed by atoms with Gasteiger partial charge in [0, 0.05) is 31.6 Å². The number of aliphatic hydroxyl groups excluding tert-OH is 6. The molecule has 4 fully saturated rings. The Morgan fingerprint density at radius 3 is 1.98 bits per heavy atom. The molecule has 21 atom stereocenters. The van der Waals surface area contributed by atoms with E-state index in [9.17, 15) is 74.4 Å². The Morgan fingerprint density at radius 1 is 0.750 bits per heavy atom. The molecule has 1 aromatic rings. The highest BCUT2D eigenvalue weighted by atomic mass is 16.7. The van der Waals surface area contributed by atoms with Crippen LogP contribution in [0.1, 0.15) is 78.2 Å². The number of aliphatic carboxylic acids is 1. The minimum absolute atomic E-state index is 0.00396. The molecule has 0 radical (unpaired) electrons. The number of aromatic hydroxyl groups is 1. The number of nitrogens with two attached hydrogens (primary N) is 5. The molecule has 80 heavy (non-hydrogen) atoms. The highest BCUT2D eigenvalue weighted by Gasteiger charge is 2.51. The molecule has 0 unspecified atom stereocenters. The molecule has 3 heterocycles. The second kappa shape index (κ2) is 29.6. The zero-order valence-corrected chi connectivity index (χ0v) is 45.2. The van der Waals surface area contributed by atoms with Crippen LogP contribution in [0.25, 0.3) is 0 Å². The van der Waals surface area contributed by atoms with Gasteiger partial charge in [0.1, 0.15) is 78.7 Å². The number of ether oxygens (including phenoxy) is 4. The quantitative estimate of drug-likeness (QED) is 0.0432. The van der Waals surface area contributed by atoms with E-state index in [1.165, 1.54) is 30.9 Å². The van der Waals surface area contributed by atoms with Gasteiger partial charge in [0.2, 0.25) is 35.4 Å². The van der Waals surface area contributed by atoms with Crippen molar-refractivity contribution >= 4 is 41.4 Å². The SMILES string of the molecule is CC(C)C[C@H](NC(=O)[C@H](C)NC(=O)[C@@H](N)Cc1ccc(O)cc1)C(=O)N1CCC[C@H]1C(=O)N[C@@H](CCC(=O)O)C(=O)N[C@H](C(=O)NC[C@H]1O[C@H](O[C@H]2[C@H](O)[C@@H](O[C@H]3O[C@H](CO)[C@@H](O)[C@H](N)[C@H]3O)[C@H](N)C[C@@H]2N)[C@H](N)C[C@@H]1O)[C@@H](C)O. The zero-order chi connectivity index (χ0) is 59.4. The van der Waals surface area contributed by atoms with Crippen molar-refractivity contribution in [3.8, 4) is 5.75 Å². The maximum absolute atomic E-state index is 14.2. The van der Waals surface area contributed by atoms with Gasteiger partial charge in [0.15, 0.2) is 12.6 Å². The van der Waals surface area contributed by atoms with Crippen LogP contribution in [0.3, 0.4) is 0 Å². The van der Waals surface area contributed by atoms with Crippen molar-refractivity contribution in [2.75, 3.05) is 19.7 Å². The average molecular weight is 1140 g/mol. The van der Waals surface area contributed by atoms with Gasteiger partial charge in [-0.3, -0.25) is 33.6 Å². The number of aliphatic hydroxyl groups is 6. The summed E-state index contributed by atoms with van der Waals surface area (Å²) in [6.07, 6.45) is -16.2. The van der Waals surface area contributed by atoms with E-state index in [2.05, 4.69) is 26.6 Å². The Hall–Kier alpha value is -5.29. The average Bonchev–Trinajstić information content (AvgIpc) is 3.99. The number of hydrogen-bond acceptors (Lipinski definition) is 23. The molecule has 1 aromatic carbocycles. The number of carboxylic acid groups (broad SMARTS) is 1. The monoisotopic (exact) mass is 1140 g/mol. The van der Waals surface area contributed by atoms with Gasteiger partial charge >= 0.3 is 5.97 Å². The van der Waals surface area contributed by atoms with Crippen LogP contribution in [0.4, 0.5) is 0 Å². The Balaban J connectivity index is 1.19. The van der Waals surface area contributed by atoms with Crippen LogP contribution in [0.15, 0.2) is 24.3 Å². The van der Waals surface area contributed by atoms with Gasteiger partial charge < -0.3 is 120 Å². The lowest BCUT2D eigenvalue weighted by molar-refractivity contribution is -0.315. The summed E-state index contributed by atoms with van der Waals surface area (Å²) >= 11 is 0. The van der Waals surface area contributed by atoms with Crippen LogP contribution >= 0.6 is 0 Å². The summed E-state index contributed by atoms with van der Waals surface area (Å²) in [6.45, 7) is 5.14. The van der Waals surface area contributed by atoms with Crippen molar-refractivity contribution in [2.45, 2.75) is 207 Å². The van der Waals surface area contributed by atoms with Gasteiger partial charge in [-0.25, -0.2) is 0 Å². The third-order valence-electron chi connectivity index (χ3n) is 14.6. The summed E-state index contributed by atoms with van der Waals surface area (Å²) in [7, 11) is 0. The number of nitrogens with zero attached hydrogens (tertiary/aromatic N) is 1. The molecule has 30 heteroatoms. The molecular formula is C50H83N11O19. The van der Waals surface area contributed by atoms with E-state index in [1.807, 2.05) is 13.8 Å². The molecule has 5 rings (SSSR count). The minimum Gasteiger partial charge on any atom is -0.508 e. The van der Waals surface area contributed by atoms with Gasteiger partial charge in [-0.05, 0) is 82.4 Å². The normalized spacial score (nSPS) is 32.1. The second-order valence-electron chi connectivity index (χ2n) is 21.6. The molecule has 6 amide bonds. The maximum Gasteiger partial charge on any atom is 0.303 e. The first-order chi connectivity index (χ1) is 37.6. The van der Waals surface area contributed by atoms with Gasteiger partial charge in [-0.15, -0.1) is 0 Å². The van der Waals surface area contributed by atoms with Gasteiger partial charge in [-0.1, -0.05) is 26.0 Å². The fraction of sp³-hybridized carbons (Fsp3) is 0.740. The molecule has 30 nitrogen and oxygen atoms in total. The lowest BCUT2D eigenvalue weighted by atomic mass is 9.84. The first kappa shape index (κ1) is 65.5. The van der Waals surface area contributed by atoms with Gasteiger partial charge in [-0.2, -0.15) is 0 Å². The predicted molar refractivity (Wildman–Crippen MR) is 278 cm³/mol. The van der Waals surface area contributed by atoms with Crippen molar-refractivity contribution in [1.82, 2.24) is 31.5 Å². The number of likely N-dealkylation sites (tertiary alicyclic amines) is 1. The molecular weight excluding hydrogens is 1060 g/mol. The number of carboxylic acids is 1. The van der Waals surface area contributed by atoms with Crippen LogP contribution < -0.4 is 55.3 Å². The molecule has 0 bridgehead atoms. The van der Waals surface area contributed by atoms with Crippen molar-refractivity contribution in [3.63, 3.8) is 0 Å². The molecule has 1 aliphatic carbocycles. The Morgan fingerprint density at radius 2 is 1.38 bits per heavy atom. The van der Waals surface area contributed by atoms with E-state index in [4.69, 9.17) is 47.6 Å². The number of rotatable bonds is 25. The standard InChI is InChI=1S/C50H83N11O19/c1-20(2)14-30(59-43(71)21(3)57-44(72)27(53)15-23-7-9-24(64)10-8-23)48(76)61-13-5-6-31(61)46(74)58-29(11-12-35(66)67)45(73)60-37(22(4)63)47(75)56-18-33-32(65)17-28(54)49(77-33)79-41-25(51)16-26(52)42(40(41)70)80-50-39(69)36(55)38(68)34(19-62)78-50/h7-10,20-22,25-34,36-42,49-50,62-65,68-70H,5-6,11-19,51-55H2,1-4H3,(H,56,75)(H,57,72)(H,58,74)(H,59,71)(H,60,73)(H,66,67)/t21-,22+,25-,26+,27-,28+,29-,30-,31-,32-,33+,34+,36-,37-,38+,39+,40-,41+,42-,49+,50+/m0/s1. The van der Waals surface area contributed by atoms with Crippen molar-refractivity contribution in [1.29, 1.82) is 0 Å². The summed E-state index contributed by atoms with van der Waals surface area (Å²) < 4.78 is 23.4. The van der Waals surface area contributed by atoms with E-state index >= 15 is 0 Å². The van der Waals surface area contributed by atoms with Crippen molar-refractivity contribution < 1.29 is 93.4 Å². The third kappa shape index (κ3) is 17.4. The van der Waals surface area contributed by atoms with Crippen LogP contribution in [0.5, 0.6) is 5.75 Å². The van der Waals surface area contributed by atoms with E-state index in [0.717, 1.165) is 0 Å². The number of nitrogens with one attached hydrogen (secondary N) is 5. The van der Waals surface area contributed by atoms with E-state index in [0.29, 0.717) is 12.0 Å². The number of phenols is 1. The molecule has 0 spiro atoms. The maximum atomic E-state index is 14.2. The second-order valence-corrected chi connectivity index (χ2v) is 21.6. The molecule has 452 valence electrons. The summed E-state index contributed by atoms with van der Waals surface area (Å²) in [5, 5.41) is 95.5. The minimum atomic E-state index is -1.73. The summed E-state index contributed by atoms with van der Waals surface area (Å²) in [6, 6.07) is -6.01. The molecule has 3 aliphatic heterocycles. The van der Waals surface area contributed by atoms with E-state index in [1.54, 1.807) is 12.1 Å². The number of amides is 6. The summed E-state index contributed by atoms with van der Waals surface area (Å²) in [5.74, 6) is -6.35. The summed E-state index contributed by atoms with van der Waals surface area (Å²) in [4.78, 5) is 95.2. The number of carbonyl (C=O) groups excluding carboxylic acids is 6. The number of hydrogen-bond donors (Lipinski definition) is 18. The van der Waals surface area contributed by atoms with E-state index in [-0.39, 0.29) is 50.3 Å². The molecule has 3 saturated heterocycles. The fourth-order valence-electron chi connectivity index (χ4n) is 10.0. The van der Waals surface area contributed by atoms with Crippen LogP contribution in [-0.4, -0.2) is 235 Å². The molecule has 23 N–H and O–H groups in total. The first-order valence-corrected chi connectivity index (χ1v) is 26.8. The van der Waals surface area contributed by atoms with E-state index < -0.39 is 195 Å².